The standard InChI is InChI=1S/C25H30N2O4/c1-5-26(6-2)14-15-27-22(18-10-8-7-9-11-18)21(24(29)25(27)30)23(28)19-16-17(3)12-13-20(19)31-4/h7-13,16,22,28H,5-6,14-15H2,1-4H3/b23-21+. The summed E-state index contributed by atoms with van der Waals surface area (Å²) in [5, 5.41) is 11.3. The molecular formula is C25H30N2O4. The highest BCUT2D eigenvalue weighted by Crippen LogP contribution is 2.40. The molecule has 3 rings (SSSR count). The van der Waals surface area contributed by atoms with Crippen molar-refractivity contribution in [2.75, 3.05) is 33.3 Å². The fourth-order valence-corrected chi connectivity index (χ4v) is 4.03. The number of amides is 1. The molecule has 1 fully saturated rings. The predicted molar refractivity (Wildman–Crippen MR) is 121 cm³/mol. The SMILES string of the molecule is CCN(CC)CCN1C(=O)C(=O)/C(=C(/O)c2cc(C)ccc2OC)C1c1ccccc1. The van der Waals surface area contributed by atoms with Gasteiger partial charge in [0.1, 0.15) is 11.5 Å². The fraction of sp³-hybridized carbons (Fsp3) is 0.360. The van der Waals surface area contributed by atoms with Crippen LogP contribution in [0.5, 0.6) is 5.75 Å². The lowest BCUT2D eigenvalue weighted by molar-refractivity contribution is -0.140. The van der Waals surface area contributed by atoms with Gasteiger partial charge in [0.05, 0.1) is 24.3 Å². The Kier molecular flexibility index (Phi) is 7.13. The number of nitrogens with zero attached hydrogens (tertiary/aromatic N) is 2. The van der Waals surface area contributed by atoms with Crippen LogP contribution < -0.4 is 4.74 Å². The number of likely N-dealkylation sites (N-methyl/N-ethyl adjacent to an activating group) is 1. The molecule has 0 aliphatic carbocycles. The van der Waals surface area contributed by atoms with Crippen LogP contribution >= 0.6 is 0 Å². The first-order chi connectivity index (χ1) is 14.9. The second-order valence-electron chi connectivity index (χ2n) is 7.63. The summed E-state index contributed by atoms with van der Waals surface area (Å²) < 4.78 is 5.41. The third-order valence-corrected chi connectivity index (χ3v) is 5.82. The van der Waals surface area contributed by atoms with Crippen LogP contribution in [0.3, 0.4) is 0 Å². The van der Waals surface area contributed by atoms with Crippen molar-refractivity contribution in [2.45, 2.75) is 26.8 Å². The number of aryl methyl sites for hydroxylation is 1. The van der Waals surface area contributed by atoms with Gasteiger partial charge in [0, 0.05) is 13.1 Å². The molecule has 0 saturated carbocycles. The minimum absolute atomic E-state index is 0.0969. The number of methoxy groups -OCH3 is 1. The molecule has 2 aromatic rings. The maximum atomic E-state index is 13.1. The minimum atomic E-state index is -0.672. The molecule has 1 amide bonds. The molecule has 1 saturated heterocycles. The first-order valence-electron chi connectivity index (χ1n) is 10.6. The lowest BCUT2D eigenvalue weighted by Gasteiger charge is -2.28. The number of benzene rings is 2. The van der Waals surface area contributed by atoms with Gasteiger partial charge < -0.3 is 19.6 Å². The lowest BCUT2D eigenvalue weighted by atomic mass is 9.94. The summed E-state index contributed by atoms with van der Waals surface area (Å²) in [5.41, 5.74) is 2.20. The Morgan fingerprint density at radius 3 is 2.39 bits per heavy atom. The molecule has 0 aromatic heterocycles. The summed E-state index contributed by atoms with van der Waals surface area (Å²) in [6.45, 7) is 8.79. The number of Topliss-reactive ketones (excluding diaryl/α,β-unsaturated/α-hetero) is 1. The molecule has 1 unspecified atom stereocenters. The van der Waals surface area contributed by atoms with E-state index in [1.54, 1.807) is 17.0 Å². The molecule has 6 nitrogen and oxygen atoms in total. The third-order valence-electron chi connectivity index (χ3n) is 5.82. The topological polar surface area (TPSA) is 70.1 Å². The van der Waals surface area contributed by atoms with Gasteiger partial charge in [-0.1, -0.05) is 55.8 Å². The summed E-state index contributed by atoms with van der Waals surface area (Å²) in [6, 6.07) is 14.1. The van der Waals surface area contributed by atoms with Crippen molar-refractivity contribution in [3.63, 3.8) is 0 Å². The number of hydrogen-bond acceptors (Lipinski definition) is 5. The van der Waals surface area contributed by atoms with Crippen molar-refractivity contribution in [1.82, 2.24) is 9.80 Å². The number of ketones is 1. The maximum absolute atomic E-state index is 13.1. The average Bonchev–Trinajstić information content (AvgIpc) is 3.04. The van der Waals surface area contributed by atoms with E-state index < -0.39 is 17.7 Å². The van der Waals surface area contributed by atoms with E-state index in [9.17, 15) is 14.7 Å². The molecule has 6 heteroatoms. The summed E-state index contributed by atoms with van der Waals surface area (Å²) in [5.74, 6) is -1.02. The molecule has 1 N–H and O–H groups in total. The number of hydrogen-bond donors (Lipinski definition) is 1. The third kappa shape index (κ3) is 4.49. The monoisotopic (exact) mass is 422 g/mol. The molecule has 1 heterocycles. The second kappa shape index (κ2) is 9.79. The van der Waals surface area contributed by atoms with Gasteiger partial charge >= 0.3 is 0 Å². The summed E-state index contributed by atoms with van der Waals surface area (Å²) in [7, 11) is 1.51. The van der Waals surface area contributed by atoms with E-state index >= 15 is 0 Å². The maximum Gasteiger partial charge on any atom is 0.295 e. The molecule has 1 atom stereocenters. The Morgan fingerprint density at radius 2 is 1.77 bits per heavy atom. The highest BCUT2D eigenvalue weighted by Gasteiger charge is 2.46. The first-order valence-corrected chi connectivity index (χ1v) is 10.6. The number of carbonyl (C=O) groups is 2. The van der Waals surface area contributed by atoms with E-state index in [4.69, 9.17) is 4.74 Å². The molecule has 0 radical (unpaired) electrons. The van der Waals surface area contributed by atoms with Gasteiger partial charge in [0.25, 0.3) is 11.7 Å². The van der Waals surface area contributed by atoms with E-state index in [0.717, 1.165) is 24.2 Å². The summed E-state index contributed by atoms with van der Waals surface area (Å²) in [4.78, 5) is 29.9. The van der Waals surface area contributed by atoms with Gasteiger partial charge in [-0.3, -0.25) is 9.59 Å². The number of aliphatic hydroxyl groups is 1. The Labute approximate surface area is 183 Å². The van der Waals surface area contributed by atoms with E-state index in [1.165, 1.54) is 7.11 Å². The minimum Gasteiger partial charge on any atom is -0.507 e. The molecule has 31 heavy (non-hydrogen) atoms. The zero-order chi connectivity index (χ0) is 22.5. The van der Waals surface area contributed by atoms with Gasteiger partial charge in [0.15, 0.2) is 0 Å². The van der Waals surface area contributed by atoms with E-state index in [-0.39, 0.29) is 11.3 Å². The Balaban J connectivity index is 2.14. The average molecular weight is 423 g/mol. The van der Waals surface area contributed by atoms with Crippen molar-refractivity contribution < 1.29 is 19.4 Å². The number of rotatable bonds is 8. The summed E-state index contributed by atoms with van der Waals surface area (Å²) in [6.07, 6.45) is 0. The zero-order valence-corrected chi connectivity index (χ0v) is 18.6. The number of ether oxygens (including phenoxy) is 1. The molecule has 2 aromatic carbocycles. The Morgan fingerprint density at radius 1 is 1.10 bits per heavy atom. The van der Waals surface area contributed by atoms with Gasteiger partial charge in [-0.15, -0.1) is 0 Å². The first kappa shape index (κ1) is 22.6. The number of aliphatic hydroxyl groups excluding tert-OH is 1. The normalized spacial score (nSPS) is 18.1. The van der Waals surface area contributed by atoms with Crippen LogP contribution in [0.2, 0.25) is 0 Å². The predicted octanol–water partition coefficient (Wildman–Crippen LogP) is 3.77. The number of carbonyl (C=O) groups excluding carboxylic acids is 2. The zero-order valence-electron chi connectivity index (χ0n) is 18.6. The van der Waals surface area contributed by atoms with Gasteiger partial charge in [-0.2, -0.15) is 0 Å². The van der Waals surface area contributed by atoms with Crippen LogP contribution in [0.15, 0.2) is 54.1 Å². The smallest absolute Gasteiger partial charge is 0.295 e. The Bertz CT molecular complexity index is 980. The van der Waals surface area contributed by atoms with Crippen molar-refractivity contribution in [3.05, 3.63) is 70.8 Å². The number of likely N-dealkylation sites (tertiary alicyclic amines) is 1. The van der Waals surface area contributed by atoms with Crippen LogP contribution in [0.4, 0.5) is 0 Å². The molecule has 1 aliphatic heterocycles. The van der Waals surface area contributed by atoms with Crippen molar-refractivity contribution >= 4 is 17.4 Å². The highest BCUT2D eigenvalue weighted by atomic mass is 16.5. The Hall–Kier alpha value is -3.12. The molecule has 0 bridgehead atoms. The van der Waals surface area contributed by atoms with Crippen LogP contribution in [0.1, 0.15) is 36.6 Å². The highest BCUT2D eigenvalue weighted by molar-refractivity contribution is 6.46. The van der Waals surface area contributed by atoms with Crippen LogP contribution in [-0.4, -0.2) is 59.9 Å². The lowest BCUT2D eigenvalue weighted by Crippen LogP contribution is -2.38. The van der Waals surface area contributed by atoms with E-state index in [0.29, 0.717) is 24.4 Å². The summed E-state index contributed by atoms with van der Waals surface area (Å²) >= 11 is 0. The van der Waals surface area contributed by atoms with Gasteiger partial charge in [-0.25, -0.2) is 0 Å². The fourth-order valence-electron chi connectivity index (χ4n) is 4.03. The molecule has 164 valence electrons. The van der Waals surface area contributed by atoms with Crippen LogP contribution in [0, 0.1) is 6.92 Å². The van der Waals surface area contributed by atoms with E-state index in [1.807, 2.05) is 43.3 Å². The van der Waals surface area contributed by atoms with Crippen molar-refractivity contribution in [3.8, 4) is 5.75 Å². The molecular weight excluding hydrogens is 392 g/mol. The van der Waals surface area contributed by atoms with Crippen LogP contribution in [-0.2, 0) is 9.59 Å². The van der Waals surface area contributed by atoms with E-state index in [2.05, 4.69) is 18.7 Å². The van der Waals surface area contributed by atoms with Crippen molar-refractivity contribution in [2.24, 2.45) is 0 Å². The largest absolute Gasteiger partial charge is 0.507 e. The quantitative estimate of drug-likeness (QED) is 0.398. The second-order valence-corrected chi connectivity index (χ2v) is 7.63. The molecule has 1 aliphatic rings. The van der Waals surface area contributed by atoms with Gasteiger partial charge in [-0.05, 0) is 37.7 Å². The van der Waals surface area contributed by atoms with Crippen molar-refractivity contribution in [1.29, 1.82) is 0 Å². The van der Waals surface area contributed by atoms with Crippen LogP contribution in [0.25, 0.3) is 5.76 Å². The van der Waals surface area contributed by atoms with Gasteiger partial charge in [0.2, 0.25) is 0 Å². The molecule has 0 spiro atoms.